The van der Waals surface area contributed by atoms with Crippen LogP contribution in [0.5, 0.6) is 5.75 Å². The van der Waals surface area contributed by atoms with Crippen molar-refractivity contribution in [3.63, 3.8) is 0 Å². The van der Waals surface area contributed by atoms with Gasteiger partial charge in [-0.15, -0.1) is 0 Å². The molecule has 1 aliphatic heterocycles. The van der Waals surface area contributed by atoms with Crippen molar-refractivity contribution in [3.8, 4) is 5.75 Å². The first-order valence-corrected chi connectivity index (χ1v) is 11.0. The molecule has 1 fully saturated rings. The molecule has 2 aromatic rings. The lowest BCUT2D eigenvalue weighted by molar-refractivity contribution is -0.301. The summed E-state index contributed by atoms with van der Waals surface area (Å²) in [6.45, 7) is 5.63. The van der Waals surface area contributed by atoms with Gasteiger partial charge in [-0.1, -0.05) is 12.1 Å². The number of carbonyl (C=O) groups is 3. The zero-order valence-corrected chi connectivity index (χ0v) is 19.9. The molecule has 1 heterocycles. The van der Waals surface area contributed by atoms with E-state index < -0.39 is 23.3 Å². The SMILES string of the molecule is COc1ccc(C(=O)N2[C@H](C)CN(Cc3ccc(C(=O)N(O)OC(=O)C(F)(F)F)cc3)C[C@@H]2C)cc1. The highest BCUT2D eigenvalue weighted by Crippen LogP contribution is 2.22. The predicted molar refractivity (Wildman–Crippen MR) is 120 cm³/mol. The van der Waals surface area contributed by atoms with Gasteiger partial charge < -0.3 is 14.5 Å². The van der Waals surface area contributed by atoms with Gasteiger partial charge in [-0.25, -0.2) is 4.79 Å². The first-order chi connectivity index (χ1) is 16.9. The van der Waals surface area contributed by atoms with Crippen molar-refractivity contribution in [2.75, 3.05) is 20.2 Å². The minimum Gasteiger partial charge on any atom is -0.497 e. The standard InChI is InChI=1S/C24H26F3N3O6/c1-15-12-28(13-16(2)29(15)21(31)18-8-10-20(35-3)11-9-18)14-17-4-6-19(7-5-17)22(32)30(34)36-23(33)24(25,26)27/h4-11,15-16,34H,12-14H2,1-3H3/t15-,16+. The zero-order chi connectivity index (χ0) is 26.6. The van der Waals surface area contributed by atoms with Gasteiger partial charge in [-0.3, -0.25) is 19.7 Å². The van der Waals surface area contributed by atoms with Crippen LogP contribution in [0.2, 0.25) is 0 Å². The van der Waals surface area contributed by atoms with Gasteiger partial charge in [0, 0.05) is 42.8 Å². The Kier molecular flexibility index (Phi) is 8.21. The lowest BCUT2D eigenvalue weighted by atomic mass is 10.0. The summed E-state index contributed by atoms with van der Waals surface area (Å²) in [5.74, 6) is -3.45. The highest BCUT2D eigenvalue weighted by Gasteiger charge is 2.43. The van der Waals surface area contributed by atoms with Gasteiger partial charge in [0.2, 0.25) is 0 Å². The number of carbonyl (C=O) groups excluding carboxylic acids is 3. The van der Waals surface area contributed by atoms with Crippen molar-refractivity contribution in [1.29, 1.82) is 0 Å². The van der Waals surface area contributed by atoms with Crippen molar-refractivity contribution in [3.05, 3.63) is 65.2 Å². The fraction of sp³-hybridized carbons (Fsp3) is 0.375. The summed E-state index contributed by atoms with van der Waals surface area (Å²) in [5.41, 5.74) is 1.20. The molecular weight excluding hydrogens is 483 g/mol. The normalized spacial score (nSPS) is 18.5. The number of hydroxylamine groups is 2. The number of amides is 2. The zero-order valence-electron chi connectivity index (χ0n) is 19.9. The second-order valence-corrected chi connectivity index (χ2v) is 8.48. The summed E-state index contributed by atoms with van der Waals surface area (Å²) in [7, 11) is 1.56. The van der Waals surface area contributed by atoms with Crippen molar-refractivity contribution in [1.82, 2.24) is 15.0 Å². The van der Waals surface area contributed by atoms with E-state index in [4.69, 9.17) is 4.74 Å². The Morgan fingerprint density at radius 1 is 0.972 bits per heavy atom. The Balaban J connectivity index is 1.59. The highest BCUT2D eigenvalue weighted by molar-refractivity contribution is 5.95. The fourth-order valence-electron chi connectivity index (χ4n) is 4.14. The molecule has 1 saturated heterocycles. The predicted octanol–water partition coefficient (Wildman–Crippen LogP) is 3.28. The van der Waals surface area contributed by atoms with E-state index in [1.807, 2.05) is 18.7 Å². The maximum Gasteiger partial charge on any atom is 0.493 e. The van der Waals surface area contributed by atoms with Gasteiger partial charge in [-0.05, 0) is 61.0 Å². The van der Waals surface area contributed by atoms with Crippen LogP contribution in [0.4, 0.5) is 13.2 Å². The summed E-state index contributed by atoms with van der Waals surface area (Å²) in [6, 6.07) is 12.6. The third-order valence-electron chi connectivity index (χ3n) is 5.75. The Bertz CT molecular complexity index is 1080. The second kappa shape index (κ2) is 11.0. The smallest absolute Gasteiger partial charge is 0.493 e. The van der Waals surface area contributed by atoms with E-state index in [1.165, 1.54) is 12.1 Å². The van der Waals surface area contributed by atoms with E-state index in [9.17, 15) is 32.8 Å². The van der Waals surface area contributed by atoms with Crippen molar-refractivity contribution < 1.29 is 42.3 Å². The number of benzene rings is 2. The van der Waals surface area contributed by atoms with E-state index in [2.05, 4.69) is 9.74 Å². The lowest BCUT2D eigenvalue weighted by Crippen LogP contribution is -2.58. The van der Waals surface area contributed by atoms with Crippen LogP contribution in [0.15, 0.2) is 48.5 Å². The minimum atomic E-state index is -5.36. The molecule has 0 spiro atoms. The van der Waals surface area contributed by atoms with Gasteiger partial charge in [0.25, 0.3) is 5.91 Å². The van der Waals surface area contributed by atoms with E-state index in [-0.39, 0.29) is 23.6 Å². The van der Waals surface area contributed by atoms with Crippen LogP contribution in [0.1, 0.15) is 40.1 Å². The summed E-state index contributed by atoms with van der Waals surface area (Å²) < 4.78 is 41.8. The molecule has 0 unspecified atom stereocenters. The lowest BCUT2D eigenvalue weighted by Gasteiger charge is -2.44. The molecular formula is C24H26F3N3O6. The first kappa shape index (κ1) is 27.0. The molecule has 2 amide bonds. The van der Waals surface area contributed by atoms with E-state index >= 15 is 0 Å². The summed E-state index contributed by atoms with van der Waals surface area (Å²) in [6.07, 6.45) is -5.36. The maximum atomic E-state index is 13.1. The van der Waals surface area contributed by atoms with E-state index in [1.54, 1.807) is 43.5 Å². The van der Waals surface area contributed by atoms with Crippen LogP contribution in [0, 0.1) is 0 Å². The van der Waals surface area contributed by atoms with Gasteiger partial charge in [-0.2, -0.15) is 13.2 Å². The summed E-state index contributed by atoms with van der Waals surface area (Å²) in [5, 5.41) is 8.62. The Hall–Kier alpha value is -3.64. The molecule has 0 saturated carbocycles. The molecule has 0 aromatic heterocycles. The van der Waals surface area contributed by atoms with Crippen LogP contribution in [-0.2, 0) is 16.2 Å². The molecule has 1 aliphatic rings. The van der Waals surface area contributed by atoms with Crippen LogP contribution in [0.25, 0.3) is 0 Å². The van der Waals surface area contributed by atoms with Crippen LogP contribution >= 0.6 is 0 Å². The monoisotopic (exact) mass is 509 g/mol. The van der Waals surface area contributed by atoms with Crippen molar-refractivity contribution >= 4 is 17.8 Å². The molecule has 2 atom stereocenters. The molecule has 36 heavy (non-hydrogen) atoms. The molecule has 3 rings (SSSR count). The van der Waals surface area contributed by atoms with Crippen LogP contribution < -0.4 is 4.74 Å². The molecule has 0 aliphatic carbocycles. The van der Waals surface area contributed by atoms with Crippen molar-refractivity contribution in [2.45, 2.75) is 38.7 Å². The quantitative estimate of drug-likeness (QED) is 0.488. The largest absolute Gasteiger partial charge is 0.497 e. The van der Waals surface area contributed by atoms with Gasteiger partial charge in [0.05, 0.1) is 7.11 Å². The number of nitrogens with zero attached hydrogens (tertiary/aromatic N) is 3. The molecule has 9 nitrogen and oxygen atoms in total. The van der Waals surface area contributed by atoms with Crippen molar-refractivity contribution in [2.24, 2.45) is 0 Å². The number of methoxy groups -OCH3 is 1. The number of hydrogen-bond donors (Lipinski definition) is 1. The molecule has 1 N–H and O–H groups in total. The number of hydrogen-bond acceptors (Lipinski definition) is 7. The Morgan fingerprint density at radius 3 is 2.00 bits per heavy atom. The molecule has 0 bridgehead atoms. The molecule has 2 aromatic carbocycles. The Morgan fingerprint density at radius 2 is 1.50 bits per heavy atom. The average Bonchev–Trinajstić information content (AvgIpc) is 2.83. The summed E-state index contributed by atoms with van der Waals surface area (Å²) >= 11 is 0. The molecule has 12 heteroatoms. The third-order valence-corrected chi connectivity index (χ3v) is 5.75. The third kappa shape index (κ3) is 6.32. The fourth-order valence-corrected chi connectivity index (χ4v) is 4.14. The summed E-state index contributed by atoms with van der Waals surface area (Å²) in [4.78, 5) is 43.5. The molecule has 194 valence electrons. The van der Waals surface area contributed by atoms with E-state index in [0.29, 0.717) is 30.9 Å². The van der Waals surface area contributed by atoms with E-state index in [0.717, 1.165) is 5.56 Å². The van der Waals surface area contributed by atoms with Gasteiger partial charge in [0.1, 0.15) is 5.75 Å². The topological polar surface area (TPSA) is 99.6 Å². The minimum absolute atomic E-state index is 0.0695. The molecule has 0 radical (unpaired) electrons. The Labute approximate surface area is 205 Å². The highest BCUT2D eigenvalue weighted by atomic mass is 19.4. The van der Waals surface area contributed by atoms with Gasteiger partial charge >= 0.3 is 18.1 Å². The van der Waals surface area contributed by atoms with Crippen LogP contribution in [0.3, 0.4) is 0 Å². The maximum absolute atomic E-state index is 13.1. The average molecular weight is 509 g/mol. The number of ether oxygens (including phenoxy) is 1. The number of piperazine rings is 1. The number of alkyl halides is 3. The first-order valence-electron chi connectivity index (χ1n) is 11.0. The number of rotatable bonds is 5. The van der Waals surface area contributed by atoms with Gasteiger partial charge in [0.15, 0.2) is 0 Å². The number of halogens is 3. The van der Waals surface area contributed by atoms with Crippen LogP contribution in [-0.4, -0.2) is 76.5 Å². The second-order valence-electron chi connectivity index (χ2n) is 8.48.